The number of benzene rings is 1. The summed E-state index contributed by atoms with van der Waals surface area (Å²) in [7, 11) is 0. The number of aliphatic hydroxyl groups excluding tert-OH is 1. The normalized spacial score (nSPS) is 31.9. The number of furan rings is 1. The number of halogens is 2. The van der Waals surface area contributed by atoms with E-state index in [1.165, 1.54) is 17.0 Å². The second kappa shape index (κ2) is 8.85. The van der Waals surface area contributed by atoms with Crippen LogP contribution in [0.15, 0.2) is 46.4 Å². The van der Waals surface area contributed by atoms with Crippen LogP contribution in [0.4, 0.5) is 10.1 Å². The molecule has 6 atom stereocenters. The van der Waals surface area contributed by atoms with Gasteiger partial charge in [-0.15, -0.1) is 0 Å². The van der Waals surface area contributed by atoms with Crippen molar-refractivity contribution in [3.8, 4) is 0 Å². The Balaban J connectivity index is 1.51. The van der Waals surface area contributed by atoms with E-state index >= 15 is 0 Å². The molecule has 0 bridgehead atoms. The van der Waals surface area contributed by atoms with Crippen LogP contribution in [0.5, 0.6) is 0 Å². The van der Waals surface area contributed by atoms with Crippen LogP contribution in [0.1, 0.15) is 58.0 Å². The van der Waals surface area contributed by atoms with E-state index < -0.39 is 58.2 Å². The number of anilines is 1. The molecule has 40 heavy (non-hydrogen) atoms. The van der Waals surface area contributed by atoms with Crippen molar-refractivity contribution >= 4 is 40.9 Å². The second-order valence-corrected chi connectivity index (χ2v) is 12.8. The molecule has 4 amide bonds. The maximum Gasteiger partial charge on any atom is 0.241 e. The number of rotatable bonds is 3. The molecule has 2 saturated heterocycles. The number of hydrogen-bond donors (Lipinski definition) is 1. The zero-order valence-electron chi connectivity index (χ0n) is 22.6. The van der Waals surface area contributed by atoms with Crippen molar-refractivity contribution < 1.29 is 33.1 Å². The molecule has 10 heteroatoms. The van der Waals surface area contributed by atoms with Gasteiger partial charge in [0.15, 0.2) is 0 Å². The van der Waals surface area contributed by atoms with E-state index in [0.29, 0.717) is 17.9 Å². The Bertz CT molecular complexity index is 1510. The summed E-state index contributed by atoms with van der Waals surface area (Å²) in [4.78, 5) is 57.9. The number of carbonyl (C=O) groups excluding carboxylic acids is 4. The lowest BCUT2D eigenvalue weighted by molar-refractivity contribution is -0.145. The highest BCUT2D eigenvalue weighted by Gasteiger charge is 2.68. The number of allylic oxidation sites excluding steroid dienone is 2. The Morgan fingerprint density at radius 1 is 1.07 bits per heavy atom. The zero-order chi connectivity index (χ0) is 28.9. The number of hydrogen-bond acceptors (Lipinski definition) is 6. The monoisotopic (exact) mass is 568 g/mol. The van der Waals surface area contributed by atoms with Gasteiger partial charge in [0, 0.05) is 5.54 Å². The van der Waals surface area contributed by atoms with Gasteiger partial charge in [0.05, 0.1) is 39.8 Å². The Kier molecular flexibility index (Phi) is 5.95. The Morgan fingerprint density at radius 2 is 1.80 bits per heavy atom. The summed E-state index contributed by atoms with van der Waals surface area (Å²) in [5, 5.41) is 9.47. The van der Waals surface area contributed by atoms with Gasteiger partial charge in [-0.05, 0) is 76.8 Å². The molecule has 0 spiro atoms. The molecule has 1 N–H and O–H groups in total. The average molecular weight is 569 g/mol. The molecule has 4 aliphatic rings. The lowest BCUT2D eigenvalue weighted by Gasteiger charge is -2.48. The Morgan fingerprint density at radius 3 is 2.42 bits per heavy atom. The fraction of sp³-hybridized carbons (Fsp3) is 0.467. The predicted molar refractivity (Wildman–Crippen MR) is 142 cm³/mol. The fourth-order valence-electron chi connectivity index (χ4n) is 7.48. The molecule has 210 valence electrons. The van der Waals surface area contributed by atoms with Gasteiger partial charge in [0.25, 0.3) is 0 Å². The zero-order valence-corrected chi connectivity index (χ0v) is 23.4. The van der Waals surface area contributed by atoms with Crippen molar-refractivity contribution in [2.45, 2.75) is 58.6 Å². The fourth-order valence-corrected chi connectivity index (χ4v) is 7.66. The number of fused-ring (bicyclic) bond motifs is 4. The van der Waals surface area contributed by atoms with Gasteiger partial charge in [0.1, 0.15) is 23.9 Å². The standard InChI is InChI=1S/C30H30ClFN2O6/c1-29(2,3)34-25(36)17-8-7-16-18(23(17)27(34)38)12-19-26(37)33(14-5-9-21(32)20(31)11-14)28(39)30(19,4)24(16)22-10-6-15(13-35)40-22/h5-7,9-11,17-19,23-24,35H,8,12-13H2,1-4H3. The summed E-state index contributed by atoms with van der Waals surface area (Å²) in [6.07, 6.45) is 2.46. The average Bonchev–Trinajstić information content (AvgIpc) is 3.52. The Hall–Kier alpha value is -3.30. The number of imide groups is 2. The van der Waals surface area contributed by atoms with E-state index in [-0.39, 0.29) is 35.6 Å². The smallest absolute Gasteiger partial charge is 0.241 e. The minimum absolute atomic E-state index is 0.159. The first-order valence-electron chi connectivity index (χ1n) is 13.4. The van der Waals surface area contributed by atoms with E-state index in [1.807, 2.05) is 26.8 Å². The van der Waals surface area contributed by atoms with Crippen molar-refractivity contribution in [3.63, 3.8) is 0 Å². The number of likely N-dealkylation sites (tertiary alicyclic amines) is 1. The van der Waals surface area contributed by atoms with Crippen molar-refractivity contribution in [2.24, 2.45) is 29.1 Å². The summed E-state index contributed by atoms with van der Waals surface area (Å²) in [5.74, 6) is -4.66. The maximum atomic E-state index is 14.3. The topological polar surface area (TPSA) is 108 Å². The summed E-state index contributed by atoms with van der Waals surface area (Å²) in [5.41, 5.74) is -1.06. The first-order valence-corrected chi connectivity index (χ1v) is 13.8. The largest absolute Gasteiger partial charge is 0.463 e. The van der Waals surface area contributed by atoms with Crippen LogP contribution in [0.2, 0.25) is 5.02 Å². The van der Waals surface area contributed by atoms with Gasteiger partial charge in [-0.1, -0.05) is 23.3 Å². The number of amides is 4. The van der Waals surface area contributed by atoms with E-state index in [0.717, 1.165) is 16.5 Å². The van der Waals surface area contributed by atoms with E-state index in [9.17, 15) is 28.7 Å². The number of aliphatic hydroxyl groups is 1. The molecule has 1 aromatic heterocycles. The van der Waals surface area contributed by atoms with Gasteiger partial charge >= 0.3 is 0 Å². The number of nitrogens with zero attached hydrogens (tertiary/aromatic N) is 2. The second-order valence-electron chi connectivity index (χ2n) is 12.4. The molecule has 1 aromatic carbocycles. The lowest BCUT2D eigenvalue weighted by Crippen LogP contribution is -2.49. The third-order valence-corrected chi connectivity index (χ3v) is 9.52. The summed E-state index contributed by atoms with van der Waals surface area (Å²) >= 11 is 6.01. The van der Waals surface area contributed by atoms with Crippen LogP contribution in [0.25, 0.3) is 0 Å². The molecule has 1 saturated carbocycles. The van der Waals surface area contributed by atoms with Crippen molar-refractivity contribution in [1.29, 1.82) is 0 Å². The number of carbonyl (C=O) groups is 4. The first-order chi connectivity index (χ1) is 18.8. The SMILES string of the molecule is CC12C(=O)N(c3ccc(F)c(Cl)c3)C(=O)C1CC1C(=CCC3C(=O)N(C(C)(C)C)C(=O)C31)C2c1ccc(CO)o1. The van der Waals surface area contributed by atoms with Gasteiger partial charge in [-0.3, -0.25) is 24.1 Å². The first kappa shape index (κ1) is 26.9. The van der Waals surface area contributed by atoms with Crippen LogP contribution in [0, 0.1) is 34.9 Å². The third-order valence-electron chi connectivity index (χ3n) is 9.23. The van der Waals surface area contributed by atoms with Crippen LogP contribution in [-0.4, -0.2) is 39.2 Å². The highest BCUT2D eigenvalue weighted by Crippen LogP contribution is 2.64. The summed E-state index contributed by atoms with van der Waals surface area (Å²) < 4.78 is 19.9. The molecule has 2 aromatic rings. The highest BCUT2D eigenvalue weighted by atomic mass is 35.5. The molecule has 0 radical (unpaired) electrons. The van der Waals surface area contributed by atoms with E-state index in [1.54, 1.807) is 19.1 Å². The van der Waals surface area contributed by atoms with Gasteiger partial charge in [0.2, 0.25) is 23.6 Å². The van der Waals surface area contributed by atoms with Crippen LogP contribution < -0.4 is 4.90 Å². The van der Waals surface area contributed by atoms with E-state index in [2.05, 4.69) is 0 Å². The maximum absolute atomic E-state index is 14.3. The van der Waals surface area contributed by atoms with Crippen molar-refractivity contribution in [1.82, 2.24) is 4.90 Å². The van der Waals surface area contributed by atoms with Crippen molar-refractivity contribution in [3.05, 3.63) is 64.3 Å². The molecule has 2 aliphatic heterocycles. The molecule has 6 rings (SSSR count). The molecule has 2 aliphatic carbocycles. The minimum atomic E-state index is -1.30. The third kappa shape index (κ3) is 3.53. The van der Waals surface area contributed by atoms with E-state index in [4.69, 9.17) is 16.0 Å². The summed E-state index contributed by atoms with van der Waals surface area (Å²) in [6, 6.07) is 7.00. The molecule has 8 nitrogen and oxygen atoms in total. The lowest BCUT2D eigenvalue weighted by atomic mass is 9.52. The summed E-state index contributed by atoms with van der Waals surface area (Å²) in [6.45, 7) is 6.83. The molecule has 6 unspecified atom stereocenters. The molecule has 3 fully saturated rings. The van der Waals surface area contributed by atoms with Crippen LogP contribution in [-0.2, 0) is 25.8 Å². The minimum Gasteiger partial charge on any atom is -0.463 e. The predicted octanol–water partition coefficient (Wildman–Crippen LogP) is 4.59. The van der Waals surface area contributed by atoms with Crippen LogP contribution >= 0.6 is 11.6 Å². The van der Waals surface area contributed by atoms with Gasteiger partial charge < -0.3 is 9.52 Å². The highest BCUT2D eigenvalue weighted by molar-refractivity contribution is 6.31. The van der Waals surface area contributed by atoms with Gasteiger partial charge in [-0.25, -0.2) is 9.29 Å². The van der Waals surface area contributed by atoms with Crippen LogP contribution in [0.3, 0.4) is 0 Å². The van der Waals surface area contributed by atoms with Gasteiger partial charge in [-0.2, -0.15) is 0 Å². The Labute approximate surface area is 235 Å². The van der Waals surface area contributed by atoms with Crippen molar-refractivity contribution in [2.75, 3.05) is 4.90 Å². The quantitative estimate of drug-likeness (QED) is 0.428. The molecular formula is C30H30ClFN2O6. The molecular weight excluding hydrogens is 539 g/mol. The molecule has 3 heterocycles.